The molecule has 0 aromatic carbocycles. The van der Waals surface area contributed by atoms with Gasteiger partial charge in [0, 0.05) is 28.5 Å². The van der Waals surface area contributed by atoms with Gasteiger partial charge in [-0.15, -0.1) is 0 Å². The third kappa shape index (κ3) is 3.17. The number of aromatic nitrogens is 1. The predicted molar refractivity (Wildman–Crippen MR) is 93.9 cm³/mol. The van der Waals surface area contributed by atoms with Crippen molar-refractivity contribution in [1.29, 1.82) is 0 Å². The molecule has 2 aliphatic heterocycles. The Morgan fingerprint density at radius 2 is 2.04 bits per heavy atom. The van der Waals surface area contributed by atoms with Crippen molar-refractivity contribution >= 4 is 17.2 Å². The zero-order valence-corrected chi connectivity index (χ0v) is 13.9. The van der Waals surface area contributed by atoms with Gasteiger partial charge in [0.15, 0.2) is 6.10 Å². The highest BCUT2D eigenvalue weighted by molar-refractivity contribution is 6.32. The van der Waals surface area contributed by atoms with E-state index in [1.807, 2.05) is 18.2 Å². The molecule has 1 fully saturated rings. The number of piperidine rings is 1. The van der Waals surface area contributed by atoms with Gasteiger partial charge in [0.2, 0.25) is 0 Å². The summed E-state index contributed by atoms with van der Waals surface area (Å²) >= 11 is 6.29. The highest BCUT2D eigenvalue weighted by atomic mass is 35.5. The van der Waals surface area contributed by atoms with Crippen molar-refractivity contribution in [2.75, 3.05) is 13.1 Å². The molecule has 0 bridgehead atoms. The Labute approximate surface area is 142 Å². The van der Waals surface area contributed by atoms with Gasteiger partial charge in [-0.2, -0.15) is 0 Å². The van der Waals surface area contributed by atoms with Crippen LogP contribution in [0, 0.1) is 0 Å². The number of aromatic amines is 1. The van der Waals surface area contributed by atoms with Gasteiger partial charge >= 0.3 is 0 Å². The van der Waals surface area contributed by atoms with Crippen LogP contribution in [-0.2, 0) is 11.3 Å². The van der Waals surface area contributed by atoms with Crippen molar-refractivity contribution in [3.8, 4) is 0 Å². The van der Waals surface area contributed by atoms with E-state index in [0.29, 0.717) is 0 Å². The first-order valence-electron chi connectivity index (χ1n) is 8.31. The van der Waals surface area contributed by atoms with Gasteiger partial charge in [-0.1, -0.05) is 24.1 Å². The number of nitrogens with one attached hydrogen (secondary N) is 1. The van der Waals surface area contributed by atoms with Crippen molar-refractivity contribution < 1.29 is 4.74 Å². The van der Waals surface area contributed by atoms with Gasteiger partial charge in [0.25, 0.3) is 0 Å². The van der Waals surface area contributed by atoms with Crippen molar-refractivity contribution in [2.45, 2.75) is 31.9 Å². The third-order valence-corrected chi connectivity index (χ3v) is 4.88. The van der Waals surface area contributed by atoms with E-state index >= 15 is 0 Å². The lowest BCUT2D eigenvalue weighted by Crippen LogP contribution is -2.29. The van der Waals surface area contributed by atoms with Crippen LogP contribution >= 0.6 is 11.6 Å². The van der Waals surface area contributed by atoms with Crippen LogP contribution in [0.15, 0.2) is 53.3 Å². The number of fused-ring (bicyclic) bond motifs is 1. The Bertz CT molecular complexity index is 705. The lowest BCUT2D eigenvalue weighted by molar-refractivity contribution is 0.218. The second kappa shape index (κ2) is 6.42. The van der Waals surface area contributed by atoms with Crippen LogP contribution in [-0.4, -0.2) is 29.1 Å². The van der Waals surface area contributed by atoms with Crippen molar-refractivity contribution in [2.24, 2.45) is 0 Å². The number of hydrogen-bond donors (Lipinski definition) is 1. The first-order valence-corrected chi connectivity index (χ1v) is 8.69. The van der Waals surface area contributed by atoms with Gasteiger partial charge in [-0.3, -0.25) is 4.90 Å². The Balaban J connectivity index is 1.55. The molecule has 3 heterocycles. The molecule has 0 amide bonds. The Kier molecular flexibility index (Phi) is 4.15. The largest absolute Gasteiger partial charge is 0.489 e. The van der Waals surface area contributed by atoms with Crippen LogP contribution in [0.1, 0.15) is 30.7 Å². The molecule has 1 atom stereocenters. The van der Waals surface area contributed by atoms with Crippen LogP contribution in [0.3, 0.4) is 0 Å². The molecule has 1 saturated heterocycles. The van der Waals surface area contributed by atoms with Gasteiger partial charge in [-0.05, 0) is 61.9 Å². The number of ether oxygens (including phenoxy) is 1. The van der Waals surface area contributed by atoms with E-state index in [9.17, 15) is 0 Å². The zero-order chi connectivity index (χ0) is 15.6. The Morgan fingerprint density at radius 1 is 1.17 bits per heavy atom. The molecule has 0 spiro atoms. The predicted octanol–water partition coefficient (Wildman–Crippen LogP) is 4.36. The van der Waals surface area contributed by atoms with Crippen molar-refractivity contribution in [3.63, 3.8) is 0 Å². The summed E-state index contributed by atoms with van der Waals surface area (Å²) in [6.45, 7) is 3.40. The molecular weight excluding hydrogens is 308 g/mol. The van der Waals surface area contributed by atoms with Crippen LogP contribution in [0.25, 0.3) is 5.57 Å². The number of rotatable bonds is 3. The fraction of sp³-hybridized carbons (Fsp3) is 0.368. The molecule has 3 aliphatic rings. The second-order valence-electron chi connectivity index (χ2n) is 6.37. The molecule has 1 N–H and O–H groups in total. The quantitative estimate of drug-likeness (QED) is 0.893. The minimum absolute atomic E-state index is 0.0658. The molecular formula is C19H21ClN2O. The number of nitrogens with zero attached hydrogens (tertiary/aromatic N) is 1. The molecule has 0 radical (unpaired) electrons. The monoisotopic (exact) mass is 328 g/mol. The summed E-state index contributed by atoms with van der Waals surface area (Å²) in [5.74, 6) is 0. The first-order chi connectivity index (χ1) is 11.3. The molecule has 4 heteroatoms. The number of halogens is 1. The Morgan fingerprint density at radius 3 is 2.91 bits per heavy atom. The summed E-state index contributed by atoms with van der Waals surface area (Å²) in [6.07, 6.45) is 13.6. The maximum Gasteiger partial charge on any atom is 0.150 e. The number of hydrogen-bond acceptors (Lipinski definition) is 2. The summed E-state index contributed by atoms with van der Waals surface area (Å²) < 4.78 is 5.81. The molecule has 1 aromatic rings. The molecule has 23 heavy (non-hydrogen) atoms. The topological polar surface area (TPSA) is 28.3 Å². The van der Waals surface area contributed by atoms with Crippen LogP contribution in [0.2, 0.25) is 0 Å². The normalized spacial score (nSPS) is 24.4. The summed E-state index contributed by atoms with van der Waals surface area (Å²) in [7, 11) is 0. The fourth-order valence-corrected chi connectivity index (χ4v) is 3.76. The number of likely N-dealkylation sites (tertiary alicyclic amines) is 1. The average Bonchev–Trinajstić information content (AvgIpc) is 3.03. The Hall–Kier alpha value is -1.71. The smallest absolute Gasteiger partial charge is 0.150 e. The van der Waals surface area contributed by atoms with E-state index < -0.39 is 0 Å². The van der Waals surface area contributed by atoms with E-state index in [-0.39, 0.29) is 6.10 Å². The molecule has 0 saturated carbocycles. The van der Waals surface area contributed by atoms with Crippen molar-refractivity contribution in [1.82, 2.24) is 9.88 Å². The number of allylic oxidation sites excluding steroid dienone is 4. The third-order valence-electron chi connectivity index (χ3n) is 4.67. The fourth-order valence-electron chi connectivity index (χ4n) is 3.52. The van der Waals surface area contributed by atoms with E-state index in [4.69, 9.17) is 16.3 Å². The van der Waals surface area contributed by atoms with Gasteiger partial charge in [0.05, 0.1) is 6.26 Å². The van der Waals surface area contributed by atoms with E-state index in [0.717, 1.165) is 28.4 Å². The minimum atomic E-state index is -0.0658. The highest BCUT2D eigenvalue weighted by Gasteiger charge is 2.26. The summed E-state index contributed by atoms with van der Waals surface area (Å²) in [5, 5.41) is 0.744. The first kappa shape index (κ1) is 14.9. The maximum absolute atomic E-state index is 6.29. The van der Waals surface area contributed by atoms with Crippen LogP contribution < -0.4 is 0 Å². The molecule has 1 aliphatic carbocycles. The van der Waals surface area contributed by atoms with Crippen molar-refractivity contribution in [3.05, 3.63) is 64.7 Å². The van der Waals surface area contributed by atoms with E-state index in [1.54, 1.807) is 6.26 Å². The second-order valence-corrected chi connectivity index (χ2v) is 6.81. The van der Waals surface area contributed by atoms with E-state index in [1.165, 1.54) is 38.0 Å². The standard InChI is InChI=1S/C19H21ClN2O/c20-15-11-14-5-4-10-23-19(14)17(12-15)18-7-6-16(21-18)13-22-8-2-1-3-9-22/h4-7,10-12,19,21H,1-3,8-9,13H2. The van der Waals surface area contributed by atoms with Gasteiger partial charge < -0.3 is 9.72 Å². The molecule has 3 nitrogen and oxygen atoms in total. The number of H-pyrrole nitrogens is 1. The molecule has 120 valence electrons. The lowest BCUT2D eigenvalue weighted by Gasteiger charge is -2.27. The minimum Gasteiger partial charge on any atom is -0.489 e. The summed E-state index contributed by atoms with van der Waals surface area (Å²) in [6, 6.07) is 4.32. The summed E-state index contributed by atoms with van der Waals surface area (Å²) in [4.78, 5) is 6.08. The SMILES string of the molecule is ClC1=CC2=CC=COC2C(c2ccc(CN3CCCCC3)[nH]2)=C1. The van der Waals surface area contributed by atoms with E-state index in [2.05, 4.69) is 28.1 Å². The maximum atomic E-state index is 6.29. The van der Waals surface area contributed by atoms with Gasteiger partial charge in [0.1, 0.15) is 0 Å². The molecule has 1 unspecified atom stereocenters. The van der Waals surface area contributed by atoms with Crippen LogP contribution in [0.4, 0.5) is 0 Å². The zero-order valence-electron chi connectivity index (χ0n) is 13.1. The van der Waals surface area contributed by atoms with Crippen LogP contribution in [0.5, 0.6) is 0 Å². The summed E-state index contributed by atoms with van der Waals surface area (Å²) in [5.41, 5.74) is 4.54. The van der Waals surface area contributed by atoms with Gasteiger partial charge in [-0.25, -0.2) is 0 Å². The lowest BCUT2D eigenvalue weighted by atomic mass is 9.93. The highest BCUT2D eigenvalue weighted by Crippen LogP contribution is 2.35. The molecule has 4 rings (SSSR count). The molecule has 1 aromatic heterocycles. The average molecular weight is 329 g/mol.